The maximum absolute atomic E-state index is 12.6. The van der Waals surface area contributed by atoms with Gasteiger partial charge in [0.15, 0.2) is 5.78 Å². The highest BCUT2D eigenvalue weighted by Gasteiger charge is 2.28. The first kappa shape index (κ1) is 17.7. The van der Waals surface area contributed by atoms with Gasteiger partial charge in [0, 0.05) is 11.5 Å². The van der Waals surface area contributed by atoms with Crippen LogP contribution in [0, 0.1) is 11.8 Å². The summed E-state index contributed by atoms with van der Waals surface area (Å²) in [5, 5.41) is 18.2. The van der Waals surface area contributed by atoms with Crippen molar-refractivity contribution in [1.82, 2.24) is 0 Å². The van der Waals surface area contributed by atoms with Gasteiger partial charge in [-0.1, -0.05) is 30.7 Å². The molecular formula is C17H23BO5. The Labute approximate surface area is 136 Å². The van der Waals surface area contributed by atoms with E-state index >= 15 is 0 Å². The summed E-state index contributed by atoms with van der Waals surface area (Å²) >= 11 is 0. The van der Waals surface area contributed by atoms with Gasteiger partial charge in [0.2, 0.25) is 0 Å². The van der Waals surface area contributed by atoms with Crippen molar-refractivity contribution in [1.29, 1.82) is 0 Å². The van der Waals surface area contributed by atoms with Crippen LogP contribution in [0.3, 0.4) is 0 Å². The first-order valence-corrected chi connectivity index (χ1v) is 8.19. The van der Waals surface area contributed by atoms with Crippen LogP contribution in [-0.2, 0) is 9.53 Å². The van der Waals surface area contributed by atoms with Crippen LogP contribution >= 0.6 is 0 Å². The molecule has 1 unspecified atom stereocenters. The number of ketones is 1. The Bertz CT molecular complexity index is 540. The molecule has 0 radical (unpaired) electrons. The van der Waals surface area contributed by atoms with E-state index < -0.39 is 7.12 Å². The summed E-state index contributed by atoms with van der Waals surface area (Å²) in [4.78, 5) is 24.4. The molecule has 1 aromatic rings. The van der Waals surface area contributed by atoms with Crippen molar-refractivity contribution < 1.29 is 24.4 Å². The molecule has 2 rings (SSSR count). The molecule has 0 aromatic heterocycles. The van der Waals surface area contributed by atoms with E-state index in [2.05, 4.69) is 0 Å². The molecule has 2 N–H and O–H groups in total. The van der Waals surface area contributed by atoms with Gasteiger partial charge in [0.25, 0.3) is 0 Å². The number of ether oxygens (including phenoxy) is 1. The summed E-state index contributed by atoms with van der Waals surface area (Å²) in [6.07, 6.45) is 3.76. The van der Waals surface area contributed by atoms with E-state index in [0.717, 1.165) is 19.3 Å². The number of hydrogen-bond acceptors (Lipinski definition) is 5. The second-order valence-electron chi connectivity index (χ2n) is 6.01. The fourth-order valence-corrected chi connectivity index (χ4v) is 3.11. The Balaban J connectivity index is 1.98. The van der Waals surface area contributed by atoms with Gasteiger partial charge in [-0.15, -0.1) is 0 Å². The third kappa shape index (κ3) is 4.66. The molecule has 0 spiro atoms. The highest BCUT2D eigenvalue weighted by atomic mass is 16.5. The number of carbonyl (C=O) groups is 2. The zero-order valence-electron chi connectivity index (χ0n) is 13.4. The SMILES string of the molecule is CCOC(=O)[C@@H]1CCCC(C(=O)c2ccc(B(O)O)cc2)CC1. The van der Waals surface area contributed by atoms with Crippen LogP contribution in [0.25, 0.3) is 0 Å². The van der Waals surface area contributed by atoms with Gasteiger partial charge in [-0.2, -0.15) is 0 Å². The van der Waals surface area contributed by atoms with Crippen molar-refractivity contribution in [3.63, 3.8) is 0 Å². The van der Waals surface area contributed by atoms with Gasteiger partial charge in [-0.05, 0) is 38.1 Å². The molecule has 124 valence electrons. The van der Waals surface area contributed by atoms with E-state index in [-0.39, 0.29) is 23.6 Å². The molecule has 0 saturated heterocycles. The molecule has 6 heteroatoms. The van der Waals surface area contributed by atoms with Gasteiger partial charge in [-0.25, -0.2) is 0 Å². The number of benzene rings is 1. The predicted molar refractivity (Wildman–Crippen MR) is 87.3 cm³/mol. The third-order valence-corrected chi connectivity index (χ3v) is 4.45. The van der Waals surface area contributed by atoms with E-state index in [9.17, 15) is 9.59 Å². The van der Waals surface area contributed by atoms with Crippen LogP contribution in [-0.4, -0.2) is 35.5 Å². The largest absolute Gasteiger partial charge is 0.488 e. The van der Waals surface area contributed by atoms with E-state index in [1.165, 1.54) is 0 Å². The van der Waals surface area contributed by atoms with Crippen molar-refractivity contribution in [2.75, 3.05) is 6.61 Å². The molecule has 23 heavy (non-hydrogen) atoms. The predicted octanol–water partition coefficient (Wildman–Crippen LogP) is 1.31. The zero-order chi connectivity index (χ0) is 16.8. The van der Waals surface area contributed by atoms with Gasteiger partial charge < -0.3 is 14.8 Å². The van der Waals surface area contributed by atoms with E-state index in [4.69, 9.17) is 14.8 Å². The lowest BCUT2D eigenvalue weighted by Gasteiger charge is -2.14. The smallest absolute Gasteiger partial charge is 0.466 e. The first-order chi connectivity index (χ1) is 11.0. The van der Waals surface area contributed by atoms with Gasteiger partial charge in [-0.3, -0.25) is 9.59 Å². The zero-order valence-corrected chi connectivity index (χ0v) is 13.4. The van der Waals surface area contributed by atoms with Crippen molar-refractivity contribution in [3.8, 4) is 0 Å². The lowest BCUT2D eigenvalue weighted by molar-refractivity contribution is -0.148. The fourth-order valence-electron chi connectivity index (χ4n) is 3.11. The van der Waals surface area contributed by atoms with Crippen LogP contribution < -0.4 is 5.46 Å². The number of esters is 1. The maximum Gasteiger partial charge on any atom is 0.488 e. The average molecular weight is 318 g/mol. The first-order valence-electron chi connectivity index (χ1n) is 8.19. The molecule has 0 amide bonds. The standard InChI is InChI=1S/C17H23BO5/c1-2-23-17(20)14-5-3-4-12(6-7-14)16(19)13-8-10-15(11-9-13)18(21)22/h8-12,14,21-22H,2-7H2,1H3/t12?,14-/m1/s1. The summed E-state index contributed by atoms with van der Waals surface area (Å²) in [6.45, 7) is 2.19. The maximum atomic E-state index is 12.6. The summed E-state index contributed by atoms with van der Waals surface area (Å²) in [7, 11) is -1.53. The lowest BCUT2D eigenvalue weighted by Crippen LogP contribution is -2.29. The highest BCUT2D eigenvalue weighted by molar-refractivity contribution is 6.58. The molecule has 0 bridgehead atoms. The Kier molecular flexibility index (Phi) is 6.36. The normalized spacial score (nSPS) is 21.3. The number of hydrogen-bond donors (Lipinski definition) is 2. The van der Waals surface area contributed by atoms with Crippen molar-refractivity contribution in [2.24, 2.45) is 11.8 Å². The number of rotatable bonds is 5. The van der Waals surface area contributed by atoms with Crippen molar-refractivity contribution >= 4 is 24.3 Å². The van der Waals surface area contributed by atoms with Crippen LogP contribution in [0.5, 0.6) is 0 Å². The second kappa shape index (κ2) is 8.27. The minimum absolute atomic E-state index is 0.0634. The minimum Gasteiger partial charge on any atom is -0.466 e. The Hall–Kier alpha value is -1.66. The number of carbonyl (C=O) groups excluding carboxylic acids is 2. The Morgan fingerprint density at radius 2 is 1.70 bits per heavy atom. The molecule has 1 saturated carbocycles. The Morgan fingerprint density at radius 3 is 2.30 bits per heavy atom. The number of Topliss-reactive ketones (excluding diaryl/α,β-unsaturated/α-hetero) is 1. The molecule has 1 aliphatic rings. The van der Waals surface area contributed by atoms with Crippen molar-refractivity contribution in [3.05, 3.63) is 29.8 Å². The van der Waals surface area contributed by atoms with Gasteiger partial charge in [0.05, 0.1) is 12.5 Å². The molecule has 1 aromatic carbocycles. The third-order valence-electron chi connectivity index (χ3n) is 4.45. The molecule has 1 aliphatic carbocycles. The molecule has 1 fully saturated rings. The molecule has 0 heterocycles. The van der Waals surface area contributed by atoms with Gasteiger partial charge in [0.1, 0.15) is 0 Å². The quantitative estimate of drug-likeness (QED) is 0.370. The van der Waals surface area contributed by atoms with E-state index in [0.29, 0.717) is 30.5 Å². The monoisotopic (exact) mass is 318 g/mol. The topological polar surface area (TPSA) is 83.8 Å². The fraction of sp³-hybridized carbons (Fsp3) is 0.529. The molecule has 2 atom stereocenters. The summed E-state index contributed by atoms with van der Waals surface area (Å²) < 4.78 is 5.08. The van der Waals surface area contributed by atoms with E-state index in [1.54, 1.807) is 31.2 Å². The van der Waals surface area contributed by atoms with Crippen LogP contribution in [0.2, 0.25) is 0 Å². The summed E-state index contributed by atoms with van der Waals surface area (Å²) in [6, 6.07) is 6.36. The van der Waals surface area contributed by atoms with E-state index in [1.807, 2.05) is 0 Å². The summed E-state index contributed by atoms with van der Waals surface area (Å²) in [5.74, 6) is -0.269. The molecule has 5 nitrogen and oxygen atoms in total. The molecular weight excluding hydrogens is 295 g/mol. The highest BCUT2D eigenvalue weighted by Crippen LogP contribution is 2.30. The van der Waals surface area contributed by atoms with Crippen LogP contribution in [0.4, 0.5) is 0 Å². The van der Waals surface area contributed by atoms with Crippen molar-refractivity contribution in [2.45, 2.75) is 39.0 Å². The average Bonchev–Trinajstić information content (AvgIpc) is 2.80. The van der Waals surface area contributed by atoms with Gasteiger partial charge >= 0.3 is 13.1 Å². The van der Waals surface area contributed by atoms with Crippen LogP contribution in [0.15, 0.2) is 24.3 Å². The lowest BCUT2D eigenvalue weighted by atomic mass is 9.79. The Morgan fingerprint density at radius 1 is 1.09 bits per heavy atom. The van der Waals surface area contributed by atoms with Crippen LogP contribution in [0.1, 0.15) is 49.4 Å². The summed E-state index contributed by atoms with van der Waals surface area (Å²) in [5.41, 5.74) is 0.943. The molecule has 0 aliphatic heterocycles. The second-order valence-corrected chi connectivity index (χ2v) is 6.01. The minimum atomic E-state index is -1.53.